The molecule has 0 bridgehead atoms. The molecule has 0 radical (unpaired) electrons. The van der Waals surface area contributed by atoms with Crippen molar-refractivity contribution in [3.8, 4) is 5.75 Å². The number of benzene rings is 2. The molecule has 0 fully saturated rings. The number of halogens is 1. The molecule has 1 unspecified atom stereocenters. The van der Waals surface area contributed by atoms with Crippen LogP contribution in [-0.2, 0) is 4.79 Å². The lowest BCUT2D eigenvalue weighted by molar-refractivity contribution is -0.116. The SMILES string of the molecule is COc1cccc(NC2C(=O)Nc3ccc(F)cc32)c1. The zero-order valence-corrected chi connectivity index (χ0v) is 10.8. The van der Waals surface area contributed by atoms with Gasteiger partial charge in [-0.05, 0) is 30.3 Å². The molecule has 20 heavy (non-hydrogen) atoms. The number of ether oxygens (including phenoxy) is 1. The van der Waals surface area contributed by atoms with E-state index in [0.29, 0.717) is 17.0 Å². The molecule has 0 aromatic heterocycles. The van der Waals surface area contributed by atoms with E-state index in [2.05, 4.69) is 10.6 Å². The zero-order chi connectivity index (χ0) is 14.1. The van der Waals surface area contributed by atoms with Gasteiger partial charge in [0.1, 0.15) is 17.6 Å². The molecular weight excluding hydrogens is 259 g/mol. The second kappa shape index (κ2) is 4.85. The van der Waals surface area contributed by atoms with Gasteiger partial charge in [0.2, 0.25) is 0 Å². The number of methoxy groups -OCH3 is 1. The highest BCUT2D eigenvalue weighted by Crippen LogP contribution is 2.34. The summed E-state index contributed by atoms with van der Waals surface area (Å²) in [6, 6.07) is 10.9. The summed E-state index contributed by atoms with van der Waals surface area (Å²) in [5.74, 6) is 0.124. The van der Waals surface area contributed by atoms with E-state index in [0.717, 1.165) is 5.69 Å². The molecule has 0 aliphatic carbocycles. The Morgan fingerprint density at radius 3 is 2.90 bits per heavy atom. The normalized spacial score (nSPS) is 16.5. The summed E-state index contributed by atoms with van der Waals surface area (Å²) in [6.07, 6.45) is 0. The number of carbonyl (C=O) groups is 1. The highest BCUT2D eigenvalue weighted by Gasteiger charge is 2.30. The van der Waals surface area contributed by atoms with Crippen LogP contribution in [0.15, 0.2) is 42.5 Å². The van der Waals surface area contributed by atoms with Crippen LogP contribution in [0, 0.1) is 5.82 Å². The average molecular weight is 272 g/mol. The second-order valence-electron chi connectivity index (χ2n) is 4.53. The Morgan fingerprint density at radius 2 is 2.10 bits per heavy atom. The minimum Gasteiger partial charge on any atom is -0.497 e. The maximum absolute atomic E-state index is 13.3. The van der Waals surface area contributed by atoms with E-state index in [4.69, 9.17) is 4.74 Å². The molecule has 0 saturated heterocycles. The summed E-state index contributed by atoms with van der Waals surface area (Å²) in [7, 11) is 1.58. The first-order valence-corrected chi connectivity index (χ1v) is 6.18. The van der Waals surface area contributed by atoms with Crippen molar-refractivity contribution in [2.75, 3.05) is 17.7 Å². The standard InChI is InChI=1S/C15H13FN2O2/c1-20-11-4-2-3-10(8-11)17-14-12-7-9(16)5-6-13(12)18-15(14)19/h2-8,14,17H,1H3,(H,18,19). The van der Waals surface area contributed by atoms with Gasteiger partial charge in [-0.25, -0.2) is 4.39 Å². The third kappa shape index (κ3) is 2.18. The van der Waals surface area contributed by atoms with Gasteiger partial charge in [0, 0.05) is 23.0 Å². The summed E-state index contributed by atoms with van der Waals surface area (Å²) >= 11 is 0. The van der Waals surface area contributed by atoms with Crippen molar-refractivity contribution in [3.63, 3.8) is 0 Å². The zero-order valence-electron chi connectivity index (χ0n) is 10.8. The lowest BCUT2D eigenvalue weighted by Gasteiger charge is -2.13. The number of nitrogens with one attached hydrogen (secondary N) is 2. The van der Waals surface area contributed by atoms with Crippen molar-refractivity contribution in [1.82, 2.24) is 0 Å². The highest BCUT2D eigenvalue weighted by atomic mass is 19.1. The van der Waals surface area contributed by atoms with Crippen LogP contribution in [0.4, 0.5) is 15.8 Å². The highest BCUT2D eigenvalue weighted by molar-refractivity contribution is 6.04. The van der Waals surface area contributed by atoms with Crippen LogP contribution in [0.25, 0.3) is 0 Å². The number of hydrogen-bond donors (Lipinski definition) is 2. The minimum absolute atomic E-state index is 0.201. The van der Waals surface area contributed by atoms with Crippen molar-refractivity contribution in [2.24, 2.45) is 0 Å². The van der Waals surface area contributed by atoms with Crippen LogP contribution in [0.5, 0.6) is 5.75 Å². The van der Waals surface area contributed by atoms with Gasteiger partial charge in [-0.3, -0.25) is 4.79 Å². The first-order valence-electron chi connectivity index (χ1n) is 6.18. The number of rotatable bonds is 3. The Balaban J connectivity index is 1.91. The molecule has 2 aromatic carbocycles. The van der Waals surface area contributed by atoms with Crippen molar-refractivity contribution in [3.05, 3.63) is 53.8 Å². The molecule has 0 spiro atoms. The molecule has 1 amide bonds. The Labute approximate surface area is 115 Å². The van der Waals surface area contributed by atoms with E-state index >= 15 is 0 Å². The van der Waals surface area contributed by atoms with Crippen molar-refractivity contribution in [1.29, 1.82) is 0 Å². The molecule has 102 valence electrons. The third-order valence-corrected chi connectivity index (χ3v) is 3.23. The molecule has 2 aromatic rings. The Kier molecular flexibility index (Phi) is 3.02. The van der Waals surface area contributed by atoms with Gasteiger partial charge < -0.3 is 15.4 Å². The van der Waals surface area contributed by atoms with E-state index in [1.54, 1.807) is 19.2 Å². The molecule has 0 saturated carbocycles. The van der Waals surface area contributed by atoms with Gasteiger partial charge >= 0.3 is 0 Å². The number of hydrogen-bond acceptors (Lipinski definition) is 3. The number of carbonyl (C=O) groups excluding carboxylic acids is 1. The van der Waals surface area contributed by atoms with Crippen LogP contribution in [0.3, 0.4) is 0 Å². The molecule has 2 N–H and O–H groups in total. The van der Waals surface area contributed by atoms with E-state index in [-0.39, 0.29) is 11.7 Å². The fourth-order valence-corrected chi connectivity index (χ4v) is 2.26. The first kappa shape index (κ1) is 12.5. The van der Waals surface area contributed by atoms with Gasteiger partial charge in [-0.2, -0.15) is 0 Å². The fourth-order valence-electron chi connectivity index (χ4n) is 2.26. The molecule has 3 rings (SSSR count). The van der Waals surface area contributed by atoms with Crippen molar-refractivity contribution < 1.29 is 13.9 Å². The predicted octanol–water partition coefficient (Wildman–Crippen LogP) is 2.94. The topological polar surface area (TPSA) is 50.4 Å². The van der Waals surface area contributed by atoms with Crippen LogP contribution in [-0.4, -0.2) is 13.0 Å². The first-order chi connectivity index (χ1) is 9.67. The fraction of sp³-hybridized carbons (Fsp3) is 0.133. The molecule has 1 heterocycles. The van der Waals surface area contributed by atoms with Crippen molar-refractivity contribution >= 4 is 17.3 Å². The van der Waals surface area contributed by atoms with E-state index in [9.17, 15) is 9.18 Å². The van der Waals surface area contributed by atoms with Crippen molar-refractivity contribution in [2.45, 2.75) is 6.04 Å². The lowest BCUT2D eigenvalue weighted by Crippen LogP contribution is -2.19. The number of amides is 1. The summed E-state index contributed by atoms with van der Waals surface area (Å²) < 4.78 is 18.5. The quantitative estimate of drug-likeness (QED) is 0.903. The Bertz CT molecular complexity index is 673. The summed E-state index contributed by atoms with van der Waals surface area (Å²) in [5, 5.41) is 5.81. The average Bonchev–Trinajstić information content (AvgIpc) is 2.75. The van der Waals surface area contributed by atoms with Gasteiger partial charge in [-0.15, -0.1) is 0 Å². The smallest absolute Gasteiger partial charge is 0.251 e. The van der Waals surface area contributed by atoms with Crippen LogP contribution in [0.2, 0.25) is 0 Å². The summed E-state index contributed by atoms with van der Waals surface area (Å²) in [5.41, 5.74) is 1.98. The number of anilines is 2. The third-order valence-electron chi connectivity index (χ3n) is 3.23. The molecule has 4 nitrogen and oxygen atoms in total. The summed E-state index contributed by atoms with van der Waals surface area (Å²) in [6.45, 7) is 0. The lowest BCUT2D eigenvalue weighted by atomic mass is 10.1. The van der Waals surface area contributed by atoms with Gasteiger partial charge in [0.15, 0.2) is 0 Å². The maximum atomic E-state index is 13.3. The van der Waals surface area contributed by atoms with E-state index in [1.165, 1.54) is 12.1 Å². The van der Waals surface area contributed by atoms with Crippen LogP contribution < -0.4 is 15.4 Å². The summed E-state index contributed by atoms with van der Waals surface area (Å²) in [4.78, 5) is 12.0. The number of fused-ring (bicyclic) bond motifs is 1. The molecule has 1 atom stereocenters. The molecule has 1 aliphatic rings. The monoisotopic (exact) mass is 272 g/mol. The van der Waals surface area contributed by atoms with E-state index < -0.39 is 6.04 Å². The van der Waals surface area contributed by atoms with E-state index in [1.807, 2.05) is 18.2 Å². The Hall–Kier alpha value is -2.56. The Morgan fingerprint density at radius 1 is 1.25 bits per heavy atom. The molecule has 5 heteroatoms. The maximum Gasteiger partial charge on any atom is 0.251 e. The van der Waals surface area contributed by atoms with Crippen LogP contribution in [0.1, 0.15) is 11.6 Å². The largest absolute Gasteiger partial charge is 0.497 e. The van der Waals surface area contributed by atoms with Gasteiger partial charge in [-0.1, -0.05) is 6.07 Å². The second-order valence-corrected chi connectivity index (χ2v) is 4.53. The molecular formula is C15H13FN2O2. The van der Waals surface area contributed by atoms with Crippen LogP contribution >= 0.6 is 0 Å². The predicted molar refractivity (Wildman–Crippen MR) is 74.4 cm³/mol. The van der Waals surface area contributed by atoms with Gasteiger partial charge in [0.25, 0.3) is 5.91 Å². The van der Waals surface area contributed by atoms with Gasteiger partial charge in [0.05, 0.1) is 7.11 Å². The minimum atomic E-state index is -0.604. The molecule has 1 aliphatic heterocycles.